The van der Waals surface area contributed by atoms with E-state index in [1.807, 2.05) is 58.0 Å². The minimum absolute atomic E-state index is 0.119. The maximum Gasteiger partial charge on any atom is 0.130 e. The first kappa shape index (κ1) is 24.0. The van der Waals surface area contributed by atoms with Crippen molar-refractivity contribution in [2.24, 2.45) is 5.41 Å². The predicted molar refractivity (Wildman–Crippen MR) is 115 cm³/mol. The average Bonchev–Trinajstić information content (AvgIpc) is 2.68. The van der Waals surface area contributed by atoms with Crippen LogP contribution in [0.15, 0.2) is 48.5 Å². The van der Waals surface area contributed by atoms with Crippen LogP contribution in [0.2, 0.25) is 0 Å². The lowest BCUT2D eigenvalue weighted by molar-refractivity contribution is 0.197. The van der Waals surface area contributed by atoms with Gasteiger partial charge in [-0.1, -0.05) is 85.7 Å². The number of hydrogen-bond donors (Lipinski definition) is 0. The third-order valence-electron chi connectivity index (χ3n) is 3.17. The third-order valence-corrected chi connectivity index (χ3v) is 3.17. The van der Waals surface area contributed by atoms with Crippen molar-refractivity contribution in [3.8, 4) is 22.6 Å². The molecule has 0 unspecified atom stereocenters. The van der Waals surface area contributed by atoms with Crippen molar-refractivity contribution in [1.29, 1.82) is 0 Å². The molecular formula is C24H38O2. The lowest BCUT2D eigenvalue weighted by Gasteiger charge is -2.21. The summed E-state index contributed by atoms with van der Waals surface area (Å²) in [5, 5.41) is 0. The molecule has 0 aromatic heterocycles. The molecule has 0 heterocycles. The van der Waals surface area contributed by atoms with Crippen LogP contribution in [0.25, 0.3) is 11.1 Å². The first-order valence-electron chi connectivity index (χ1n) is 9.94. The predicted octanol–water partition coefficient (Wildman–Crippen LogP) is 7.62. The lowest BCUT2D eigenvalue weighted by atomic mass is 9.98. The summed E-state index contributed by atoms with van der Waals surface area (Å²) < 4.78 is 11.8. The Bertz CT molecular complexity index is 583. The Labute approximate surface area is 161 Å². The minimum Gasteiger partial charge on any atom is -0.493 e. The smallest absolute Gasteiger partial charge is 0.130 e. The van der Waals surface area contributed by atoms with E-state index in [9.17, 15) is 0 Å². The van der Waals surface area contributed by atoms with Gasteiger partial charge < -0.3 is 9.47 Å². The quantitative estimate of drug-likeness (QED) is 0.528. The molecule has 2 aromatic rings. The van der Waals surface area contributed by atoms with Gasteiger partial charge in [0.05, 0.1) is 13.2 Å². The van der Waals surface area contributed by atoms with E-state index in [1.54, 1.807) is 0 Å². The Morgan fingerprint density at radius 1 is 0.808 bits per heavy atom. The Balaban J connectivity index is 0.00000146. The summed E-state index contributed by atoms with van der Waals surface area (Å²) in [4.78, 5) is 0. The van der Waals surface area contributed by atoms with E-state index in [1.165, 1.54) is 0 Å². The normalized spacial score (nSPS) is 10.0. The molecule has 2 rings (SSSR count). The zero-order chi connectivity index (χ0) is 20.0. The van der Waals surface area contributed by atoms with Crippen LogP contribution in [0.4, 0.5) is 0 Å². The summed E-state index contributed by atoms with van der Waals surface area (Å²) in [5.74, 6) is 1.75. The van der Waals surface area contributed by atoms with Crippen molar-refractivity contribution in [3.05, 3.63) is 48.5 Å². The fourth-order valence-electron chi connectivity index (χ4n) is 2.08. The van der Waals surface area contributed by atoms with Gasteiger partial charge in [0.2, 0.25) is 0 Å². The van der Waals surface area contributed by atoms with Gasteiger partial charge >= 0.3 is 0 Å². The number of ether oxygens (including phenoxy) is 2. The molecule has 0 saturated heterocycles. The summed E-state index contributed by atoms with van der Waals surface area (Å²) >= 11 is 0. The molecule has 0 radical (unpaired) electrons. The maximum atomic E-state index is 6.10. The van der Waals surface area contributed by atoms with Gasteiger partial charge in [0.1, 0.15) is 11.5 Å². The number of hydrogen-bond acceptors (Lipinski definition) is 2. The van der Waals surface area contributed by atoms with Crippen molar-refractivity contribution in [1.82, 2.24) is 0 Å². The summed E-state index contributed by atoms with van der Waals surface area (Å²) in [6, 6.07) is 16.4. The van der Waals surface area contributed by atoms with Gasteiger partial charge in [-0.2, -0.15) is 0 Å². The first-order valence-corrected chi connectivity index (χ1v) is 9.94. The minimum atomic E-state index is 0.119. The summed E-state index contributed by atoms with van der Waals surface area (Å²) in [5.41, 5.74) is 2.39. The molecule has 146 valence electrons. The maximum absolute atomic E-state index is 6.10. The molecule has 0 aliphatic carbocycles. The van der Waals surface area contributed by atoms with Gasteiger partial charge in [-0.25, -0.2) is 0 Å². The van der Waals surface area contributed by atoms with Crippen LogP contribution >= 0.6 is 0 Å². The van der Waals surface area contributed by atoms with Crippen molar-refractivity contribution >= 4 is 0 Å². The highest BCUT2D eigenvalue weighted by Gasteiger charge is 2.14. The van der Waals surface area contributed by atoms with E-state index >= 15 is 0 Å². The van der Waals surface area contributed by atoms with Crippen LogP contribution in [0.5, 0.6) is 11.5 Å². The van der Waals surface area contributed by atoms with E-state index in [2.05, 4.69) is 45.9 Å². The van der Waals surface area contributed by atoms with E-state index in [4.69, 9.17) is 9.47 Å². The van der Waals surface area contributed by atoms with Crippen molar-refractivity contribution in [2.75, 3.05) is 13.2 Å². The zero-order valence-electron chi connectivity index (χ0n) is 18.1. The lowest BCUT2D eigenvalue weighted by Crippen LogP contribution is -2.17. The van der Waals surface area contributed by atoms with Crippen LogP contribution in [0.3, 0.4) is 0 Å². The van der Waals surface area contributed by atoms with Crippen LogP contribution in [-0.2, 0) is 0 Å². The topological polar surface area (TPSA) is 18.5 Å². The van der Waals surface area contributed by atoms with Crippen molar-refractivity contribution in [3.63, 3.8) is 0 Å². The average molecular weight is 359 g/mol. The molecule has 2 aromatic carbocycles. The van der Waals surface area contributed by atoms with E-state index < -0.39 is 0 Å². The fourth-order valence-corrected chi connectivity index (χ4v) is 2.08. The summed E-state index contributed by atoms with van der Waals surface area (Å²) in [6.07, 6.45) is 0.999. The molecular weight excluding hydrogens is 320 g/mol. The highest BCUT2D eigenvalue weighted by Crippen LogP contribution is 2.34. The van der Waals surface area contributed by atoms with Gasteiger partial charge in [0, 0.05) is 11.6 Å². The molecule has 0 N–H and O–H groups in total. The van der Waals surface area contributed by atoms with Crippen LogP contribution < -0.4 is 9.47 Å². The summed E-state index contributed by atoms with van der Waals surface area (Å²) in [7, 11) is 0. The highest BCUT2D eigenvalue weighted by molar-refractivity contribution is 5.71. The van der Waals surface area contributed by atoms with Crippen LogP contribution in [-0.4, -0.2) is 13.2 Å². The molecule has 0 fully saturated rings. The van der Waals surface area contributed by atoms with E-state index in [0.29, 0.717) is 6.61 Å². The molecule has 0 atom stereocenters. The molecule has 0 bridgehead atoms. The molecule has 0 saturated carbocycles. The number of rotatable bonds is 6. The molecule has 2 heteroatoms. The zero-order valence-corrected chi connectivity index (χ0v) is 18.1. The van der Waals surface area contributed by atoms with Gasteiger partial charge in [-0.05, 0) is 29.5 Å². The van der Waals surface area contributed by atoms with Gasteiger partial charge in [-0.3, -0.25) is 0 Å². The van der Waals surface area contributed by atoms with Gasteiger partial charge in [0.25, 0.3) is 0 Å². The molecule has 0 amide bonds. The van der Waals surface area contributed by atoms with E-state index in [0.717, 1.165) is 35.7 Å². The second-order valence-electron chi connectivity index (χ2n) is 6.72. The van der Waals surface area contributed by atoms with Crippen LogP contribution in [0, 0.1) is 5.41 Å². The van der Waals surface area contributed by atoms with Gasteiger partial charge in [0.15, 0.2) is 0 Å². The SMILES string of the molecule is CC.CC.CCCOc1ccc(-c2ccccc2)c(OCC(C)(C)C)c1. The molecule has 0 spiro atoms. The van der Waals surface area contributed by atoms with Crippen molar-refractivity contribution < 1.29 is 9.47 Å². The fraction of sp³-hybridized carbons (Fsp3) is 0.500. The largest absolute Gasteiger partial charge is 0.493 e. The van der Waals surface area contributed by atoms with Crippen molar-refractivity contribution in [2.45, 2.75) is 61.8 Å². The molecule has 2 nitrogen and oxygen atoms in total. The van der Waals surface area contributed by atoms with Gasteiger partial charge in [-0.15, -0.1) is 0 Å². The Hall–Kier alpha value is -1.96. The second-order valence-corrected chi connectivity index (χ2v) is 6.72. The second kappa shape index (κ2) is 13.3. The Morgan fingerprint density at radius 3 is 1.96 bits per heavy atom. The molecule has 0 aliphatic rings. The monoisotopic (exact) mass is 358 g/mol. The standard InChI is InChI=1S/C20H26O2.2C2H6/c1-5-13-21-17-11-12-18(16-9-7-6-8-10-16)19(14-17)22-15-20(2,3)4;2*1-2/h6-12,14H,5,13,15H2,1-4H3;2*1-2H3. The summed E-state index contributed by atoms with van der Waals surface area (Å²) in [6.45, 7) is 18.0. The molecule has 0 aliphatic heterocycles. The van der Waals surface area contributed by atoms with Crippen LogP contribution in [0.1, 0.15) is 61.8 Å². The number of benzene rings is 2. The third kappa shape index (κ3) is 8.94. The first-order chi connectivity index (χ1) is 12.5. The van der Waals surface area contributed by atoms with E-state index in [-0.39, 0.29) is 5.41 Å². The Kier molecular flexibility index (Phi) is 12.3. The Morgan fingerprint density at radius 2 is 1.42 bits per heavy atom. The highest BCUT2D eigenvalue weighted by atomic mass is 16.5. The molecule has 26 heavy (non-hydrogen) atoms.